The van der Waals surface area contributed by atoms with E-state index < -0.39 is 0 Å². The van der Waals surface area contributed by atoms with Gasteiger partial charge in [-0.1, -0.05) is 13.8 Å². The van der Waals surface area contributed by atoms with Crippen LogP contribution in [0.1, 0.15) is 26.7 Å². The minimum Gasteiger partial charge on any atom is -0.313 e. The summed E-state index contributed by atoms with van der Waals surface area (Å²) in [5, 5.41) is 3.49. The molecule has 0 radical (unpaired) electrons. The van der Waals surface area contributed by atoms with Crippen LogP contribution in [0.4, 0.5) is 0 Å². The van der Waals surface area contributed by atoms with E-state index in [1.54, 1.807) is 0 Å². The highest BCUT2D eigenvalue weighted by atomic mass is 15.0. The van der Waals surface area contributed by atoms with Gasteiger partial charge < -0.3 is 10.3 Å². The summed E-state index contributed by atoms with van der Waals surface area (Å²) in [7, 11) is 1.84. The summed E-state index contributed by atoms with van der Waals surface area (Å²) in [4.78, 5) is 4.00. The fraction of sp³-hybridized carbons (Fsp3) is 0.889. The molecule has 0 amide bonds. The van der Waals surface area contributed by atoms with Crippen molar-refractivity contribution < 1.29 is 0 Å². The van der Waals surface area contributed by atoms with Gasteiger partial charge in [0.05, 0.1) is 0 Å². The number of aliphatic imine (C=N–C) groups is 1. The van der Waals surface area contributed by atoms with Gasteiger partial charge in [0.15, 0.2) is 0 Å². The first kappa shape index (κ1) is 8.72. The SMILES string of the molecule is CN=CCC1NCCC1(C)C. The molecule has 0 spiro atoms. The molecular weight excluding hydrogens is 136 g/mol. The largest absolute Gasteiger partial charge is 0.313 e. The van der Waals surface area contributed by atoms with Crippen molar-refractivity contribution >= 4 is 6.21 Å². The van der Waals surface area contributed by atoms with E-state index in [9.17, 15) is 0 Å². The summed E-state index contributed by atoms with van der Waals surface area (Å²) >= 11 is 0. The molecule has 1 heterocycles. The molecule has 1 atom stereocenters. The van der Waals surface area contributed by atoms with E-state index in [4.69, 9.17) is 0 Å². The molecule has 0 aromatic carbocycles. The molecule has 1 unspecified atom stereocenters. The predicted octanol–water partition coefficient (Wildman–Crippen LogP) is 1.47. The quantitative estimate of drug-likeness (QED) is 0.598. The molecule has 0 aliphatic carbocycles. The van der Waals surface area contributed by atoms with Gasteiger partial charge in [-0.15, -0.1) is 0 Å². The lowest BCUT2D eigenvalue weighted by atomic mass is 9.84. The fourth-order valence-electron chi connectivity index (χ4n) is 1.63. The van der Waals surface area contributed by atoms with Gasteiger partial charge >= 0.3 is 0 Å². The van der Waals surface area contributed by atoms with Crippen LogP contribution in [-0.2, 0) is 0 Å². The van der Waals surface area contributed by atoms with Gasteiger partial charge in [-0.2, -0.15) is 0 Å². The van der Waals surface area contributed by atoms with E-state index in [1.807, 2.05) is 13.3 Å². The Labute approximate surface area is 69.1 Å². The maximum atomic E-state index is 4.00. The Morgan fingerprint density at radius 2 is 2.36 bits per heavy atom. The highest BCUT2D eigenvalue weighted by Crippen LogP contribution is 2.30. The van der Waals surface area contributed by atoms with E-state index in [1.165, 1.54) is 6.42 Å². The summed E-state index contributed by atoms with van der Waals surface area (Å²) in [6.45, 7) is 5.80. The average molecular weight is 154 g/mol. The second-order valence-electron chi connectivity index (χ2n) is 3.92. The zero-order valence-electron chi connectivity index (χ0n) is 7.72. The summed E-state index contributed by atoms with van der Waals surface area (Å²) in [6.07, 6.45) is 4.36. The second kappa shape index (κ2) is 3.35. The van der Waals surface area contributed by atoms with Crippen LogP contribution < -0.4 is 5.32 Å². The molecule has 1 N–H and O–H groups in total. The molecule has 1 aliphatic rings. The van der Waals surface area contributed by atoms with Crippen molar-refractivity contribution in [2.45, 2.75) is 32.7 Å². The minimum atomic E-state index is 0.460. The summed E-state index contributed by atoms with van der Waals surface area (Å²) < 4.78 is 0. The summed E-state index contributed by atoms with van der Waals surface area (Å²) in [5.41, 5.74) is 0.460. The van der Waals surface area contributed by atoms with Crippen LogP contribution in [0.25, 0.3) is 0 Å². The molecule has 2 nitrogen and oxygen atoms in total. The number of nitrogens with zero attached hydrogens (tertiary/aromatic N) is 1. The standard InChI is InChI=1S/C9H18N2/c1-9(2)5-7-11-8(9)4-6-10-3/h6,8,11H,4-5,7H2,1-3H3. The Bertz CT molecular complexity index is 150. The van der Waals surface area contributed by atoms with E-state index in [-0.39, 0.29) is 0 Å². The molecule has 64 valence electrons. The molecule has 1 saturated heterocycles. The van der Waals surface area contributed by atoms with E-state index in [2.05, 4.69) is 24.2 Å². The van der Waals surface area contributed by atoms with E-state index in [0.717, 1.165) is 13.0 Å². The normalized spacial score (nSPS) is 29.9. The third kappa shape index (κ3) is 2.03. The van der Waals surface area contributed by atoms with Crippen LogP contribution in [-0.4, -0.2) is 25.8 Å². The Balaban J connectivity index is 2.44. The Kier molecular flexibility index (Phi) is 2.66. The summed E-state index contributed by atoms with van der Waals surface area (Å²) in [5.74, 6) is 0. The second-order valence-corrected chi connectivity index (χ2v) is 3.92. The van der Waals surface area contributed by atoms with Crippen LogP contribution >= 0.6 is 0 Å². The van der Waals surface area contributed by atoms with Crippen LogP contribution in [0, 0.1) is 5.41 Å². The van der Waals surface area contributed by atoms with Crippen LogP contribution in [0.3, 0.4) is 0 Å². The van der Waals surface area contributed by atoms with Crippen molar-refractivity contribution in [2.75, 3.05) is 13.6 Å². The number of hydrogen-bond acceptors (Lipinski definition) is 2. The van der Waals surface area contributed by atoms with Gasteiger partial charge in [0.2, 0.25) is 0 Å². The lowest BCUT2D eigenvalue weighted by Crippen LogP contribution is -2.32. The number of rotatable bonds is 2. The molecule has 0 bridgehead atoms. The summed E-state index contributed by atoms with van der Waals surface area (Å²) in [6, 6.07) is 0.631. The third-order valence-corrected chi connectivity index (χ3v) is 2.63. The first-order valence-corrected chi connectivity index (χ1v) is 4.31. The molecule has 11 heavy (non-hydrogen) atoms. The topological polar surface area (TPSA) is 24.4 Å². The van der Waals surface area contributed by atoms with Crippen molar-refractivity contribution in [3.63, 3.8) is 0 Å². The smallest absolute Gasteiger partial charge is 0.0273 e. The Morgan fingerprint density at radius 1 is 1.64 bits per heavy atom. The Morgan fingerprint density at radius 3 is 2.82 bits per heavy atom. The molecule has 1 aliphatic heterocycles. The van der Waals surface area contributed by atoms with Crippen LogP contribution in [0.15, 0.2) is 4.99 Å². The van der Waals surface area contributed by atoms with E-state index in [0.29, 0.717) is 11.5 Å². The number of hydrogen-bond donors (Lipinski definition) is 1. The van der Waals surface area contributed by atoms with Crippen LogP contribution in [0.5, 0.6) is 0 Å². The van der Waals surface area contributed by atoms with Gasteiger partial charge in [-0.25, -0.2) is 0 Å². The lowest BCUT2D eigenvalue weighted by Gasteiger charge is -2.24. The van der Waals surface area contributed by atoms with Gasteiger partial charge in [0.25, 0.3) is 0 Å². The van der Waals surface area contributed by atoms with Gasteiger partial charge in [0.1, 0.15) is 0 Å². The molecule has 0 aromatic rings. The predicted molar refractivity (Wildman–Crippen MR) is 49.2 cm³/mol. The van der Waals surface area contributed by atoms with Crippen molar-refractivity contribution in [1.82, 2.24) is 5.32 Å². The zero-order chi connectivity index (χ0) is 8.32. The average Bonchev–Trinajstić information content (AvgIpc) is 2.25. The molecule has 2 heteroatoms. The molecule has 0 saturated carbocycles. The monoisotopic (exact) mass is 154 g/mol. The van der Waals surface area contributed by atoms with Crippen molar-refractivity contribution in [1.29, 1.82) is 0 Å². The molecular formula is C9H18N2. The molecule has 1 fully saturated rings. The van der Waals surface area contributed by atoms with Crippen molar-refractivity contribution in [3.8, 4) is 0 Å². The maximum absolute atomic E-state index is 4.00. The highest BCUT2D eigenvalue weighted by molar-refractivity contribution is 5.58. The molecule has 1 rings (SSSR count). The van der Waals surface area contributed by atoms with Gasteiger partial charge in [-0.05, 0) is 31.0 Å². The zero-order valence-corrected chi connectivity index (χ0v) is 7.72. The van der Waals surface area contributed by atoms with Crippen molar-refractivity contribution in [2.24, 2.45) is 10.4 Å². The molecule has 0 aromatic heterocycles. The first-order valence-electron chi connectivity index (χ1n) is 4.31. The van der Waals surface area contributed by atoms with Gasteiger partial charge in [-0.3, -0.25) is 0 Å². The lowest BCUT2D eigenvalue weighted by molar-refractivity contribution is 0.321. The number of nitrogens with one attached hydrogen (secondary N) is 1. The van der Waals surface area contributed by atoms with Crippen molar-refractivity contribution in [3.05, 3.63) is 0 Å². The first-order chi connectivity index (χ1) is 5.17. The van der Waals surface area contributed by atoms with E-state index >= 15 is 0 Å². The third-order valence-electron chi connectivity index (χ3n) is 2.63. The van der Waals surface area contributed by atoms with Crippen LogP contribution in [0.2, 0.25) is 0 Å². The minimum absolute atomic E-state index is 0.460. The Hall–Kier alpha value is -0.370. The highest BCUT2D eigenvalue weighted by Gasteiger charge is 2.32. The van der Waals surface area contributed by atoms with Gasteiger partial charge in [0, 0.05) is 13.1 Å². The fourth-order valence-corrected chi connectivity index (χ4v) is 1.63. The maximum Gasteiger partial charge on any atom is 0.0273 e.